The van der Waals surface area contributed by atoms with Crippen molar-refractivity contribution in [2.24, 2.45) is 5.92 Å². The molecule has 0 bridgehead atoms. The predicted molar refractivity (Wildman–Crippen MR) is 74.4 cm³/mol. The van der Waals surface area contributed by atoms with Gasteiger partial charge in [-0.25, -0.2) is 0 Å². The zero-order valence-corrected chi connectivity index (χ0v) is 10.9. The monoisotopic (exact) mass is 246 g/mol. The first-order chi connectivity index (χ1) is 8.93. The second kappa shape index (κ2) is 5.61. The van der Waals surface area contributed by atoms with Crippen molar-refractivity contribution in [3.63, 3.8) is 0 Å². The van der Waals surface area contributed by atoms with Crippen LogP contribution in [0.4, 0.5) is 5.69 Å². The van der Waals surface area contributed by atoms with Crippen LogP contribution in [-0.4, -0.2) is 32.8 Å². The van der Waals surface area contributed by atoms with Crippen molar-refractivity contribution in [1.29, 1.82) is 0 Å². The van der Waals surface area contributed by atoms with Gasteiger partial charge in [-0.3, -0.25) is 0 Å². The summed E-state index contributed by atoms with van der Waals surface area (Å²) in [6.07, 6.45) is 4.03. The smallest absolute Gasteiger partial charge is 0.142 e. The first-order valence-corrected chi connectivity index (χ1v) is 7.11. The summed E-state index contributed by atoms with van der Waals surface area (Å²) in [5.74, 6) is 2.00. The highest BCUT2D eigenvalue weighted by atomic mass is 16.5. The van der Waals surface area contributed by atoms with Gasteiger partial charge in [0.2, 0.25) is 0 Å². The van der Waals surface area contributed by atoms with E-state index >= 15 is 0 Å². The Morgan fingerprint density at radius 3 is 2.72 bits per heavy atom. The summed E-state index contributed by atoms with van der Waals surface area (Å²) in [5.41, 5.74) is 1.26. The van der Waals surface area contributed by atoms with Gasteiger partial charge in [0.15, 0.2) is 0 Å². The van der Waals surface area contributed by atoms with Crippen LogP contribution in [0.25, 0.3) is 0 Å². The van der Waals surface area contributed by atoms with E-state index in [1.165, 1.54) is 24.9 Å². The molecule has 2 aliphatic rings. The van der Waals surface area contributed by atoms with Crippen LogP contribution in [0.15, 0.2) is 24.3 Å². The van der Waals surface area contributed by atoms with Gasteiger partial charge in [-0.05, 0) is 24.5 Å². The minimum Gasteiger partial charge on any atom is -0.491 e. The lowest BCUT2D eigenvalue weighted by molar-refractivity contribution is 0.302. The van der Waals surface area contributed by atoms with Gasteiger partial charge in [0.1, 0.15) is 5.75 Å². The zero-order valence-electron chi connectivity index (χ0n) is 10.9. The highest BCUT2D eigenvalue weighted by Crippen LogP contribution is 2.33. The largest absolute Gasteiger partial charge is 0.491 e. The molecule has 3 rings (SSSR count). The van der Waals surface area contributed by atoms with E-state index in [-0.39, 0.29) is 0 Å². The SMILES string of the molecule is c1ccc(N2CCNCC2)c(OCCC2CC2)c1. The van der Waals surface area contributed by atoms with Crippen LogP contribution in [-0.2, 0) is 0 Å². The number of nitrogens with one attached hydrogen (secondary N) is 1. The molecule has 3 heteroatoms. The molecule has 98 valence electrons. The van der Waals surface area contributed by atoms with Crippen LogP contribution >= 0.6 is 0 Å². The summed E-state index contributed by atoms with van der Waals surface area (Å²) in [4.78, 5) is 2.42. The molecule has 0 atom stereocenters. The molecule has 1 aliphatic heterocycles. The van der Waals surface area contributed by atoms with Crippen molar-refractivity contribution < 1.29 is 4.74 Å². The average molecular weight is 246 g/mol. The number of rotatable bonds is 5. The van der Waals surface area contributed by atoms with Gasteiger partial charge in [0, 0.05) is 26.2 Å². The van der Waals surface area contributed by atoms with Gasteiger partial charge in [0.05, 0.1) is 12.3 Å². The molecule has 18 heavy (non-hydrogen) atoms. The molecule has 1 aromatic carbocycles. The normalized spacial score (nSPS) is 19.9. The Kier molecular flexibility index (Phi) is 3.69. The molecular weight excluding hydrogens is 224 g/mol. The van der Waals surface area contributed by atoms with E-state index in [4.69, 9.17) is 4.74 Å². The number of para-hydroxylation sites is 2. The molecule has 1 saturated heterocycles. The second-order valence-electron chi connectivity index (χ2n) is 5.29. The summed E-state index contributed by atoms with van der Waals surface area (Å²) in [6, 6.07) is 8.45. The Labute approximate surface area is 109 Å². The van der Waals surface area contributed by atoms with Crippen molar-refractivity contribution in [2.45, 2.75) is 19.3 Å². The van der Waals surface area contributed by atoms with Gasteiger partial charge in [-0.2, -0.15) is 0 Å². The molecule has 3 nitrogen and oxygen atoms in total. The third-order valence-corrected chi connectivity index (χ3v) is 3.80. The lowest BCUT2D eigenvalue weighted by Gasteiger charge is -2.30. The first-order valence-electron chi connectivity index (χ1n) is 7.11. The average Bonchev–Trinajstić information content (AvgIpc) is 3.25. The van der Waals surface area contributed by atoms with E-state index in [9.17, 15) is 0 Å². The van der Waals surface area contributed by atoms with Gasteiger partial charge < -0.3 is 15.0 Å². The fourth-order valence-corrected chi connectivity index (χ4v) is 2.49. The lowest BCUT2D eigenvalue weighted by Crippen LogP contribution is -2.43. The van der Waals surface area contributed by atoms with E-state index in [1.807, 2.05) is 0 Å². The fraction of sp³-hybridized carbons (Fsp3) is 0.600. The minimum absolute atomic E-state index is 0.869. The number of piperazine rings is 1. The summed E-state index contributed by atoms with van der Waals surface area (Å²) in [7, 11) is 0. The second-order valence-corrected chi connectivity index (χ2v) is 5.29. The van der Waals surface area contributed by atoms with Crippen molar-refractivity contribution >= 4 is 5.69 Å². The number of anilines is 1. The van der Waals surface area contributed by atoms with Gasteiger partial charge in [0.25, 0.3) is 0 Å². The van der Waals surface area contributed by atoms with Crippen LogP contribution in [0.3, 0.4) is 0 Å². The van der Waals surface area contributed by atoms with Crippen molar-refractivity contribution in [1.82, 2.24) is 5.32 Å². The Balaban J connectivity index is 1.63. The molecule has 0 radical (unpaired) electrons. The summed E-state index contributed by atoms with van der Waals surface area (Å²) >= 11 is 0. The predicted octanol–water partition coefficient (Wildman–Crippen LogP) is 2.28. The maximum atomic E-state index is 5.98. The molecule has 1 saturated carbocycles. The Morgan fingerprint density at radius 1 is 1.17 bits per heavy atom. The lowest BCUT2D eigenvalue weighted by atomic mass is 10.2. The molecular formula is C15H22N2O. The number of hydrogen-bond donors (Lipinski definition) is 1. The molecule has 0 amide bonds. The molecule has 1 heterocycles. The number of nitrogens with zero attached hydrogens (tertiary/aromatic N) is 1. The van der Waals surface area contributed by atoms with Gasteiger partial charge in [-0.1, -0.05) is 25.0 Å². The summed E-state index contributed by atoms with van der Waals surface area (Å²) in [6.45, 7) is 5.15. The van der Waals surface area contributed by atoms with E-state index in [0.717, 1.165) is 44.5 Å². The van der Waals surface area contributed by atoms with Crippen LogP contribution in [0.5, 0.6) is 5.75 Å². The minimum atomic E-state index is 0.869. The molecule has 1 aliphatic carbocycles. The standard InChI is InChI=1S/C15H22N2O/c1-2-4-15(18-12-7-13-5-6-13)14(3-1)17-10-8-16-9-11-17/h1-4,13,16H,5-12H2. The summed E-state index contributed by atoms with van der Waals surface area (Å²) in [5, 5.41) is 3.39. The van der Waals surface area contributed by atoms with Crippen LogP contribution in [0.1, 0.15) is 19.3 Å². The Morgan fingerprint density at radius 2 is 1.94 bits per heavy atom. The van der Waals surface area contributed by atoms with Crippen molar-refractivity contribution in [3.05, 3.63) is 24.3 Å². The Hall–Kier alpha value is -1.22. The van der Waals surface area contributed by atoms with E-state index < -0.39 is 0 Å². The number of ether oxygens (including phenoxy) is 1. The molecule has 2 fully saturated rings. The number of hydrogen-bond acceptors (Lipinski definition) is 3. The topological polar surface area (TPSA) is 24.5 Å². The molecule has 1 aromatic rings. The van der Waals surface area contributed by atoms with E-state index in [1.54, 1.807) is 0 Å². The molecule has 0 spiro atoms. The number of benzene rings is 1. The maximum Gasteiger partial charge on any atom is 0.142 e. The van der Waals surface area contributed by atoms with E-state index in [0.29, 0.717) is 0 Å². The van der Waals surface area contributed by atoms with Crippen molar-refractivity contribution in [2.75, 3.05) is 37.7 Å². The van der Waals surface area contributed by atoms with Crippen molar-refractivity contribution in [3.8, 4) is 5.75 Å². The quantitative estimate of drug-likeness (QED) is 0.862. The third kappa shape index (κ3) is 2.96. The highest BCUT2D eigenvalue weighted by Gasteiger charge is 2.21. The van der Waals surface area contributed by atoms with E-state index in [2.05, 4.69) is 34.5 Å². The third-order valence-electron chi connectivity index (χ3n) is 3.80. The molecule has 0 unspecified atom stereocenters. The van der Waals surface area contributed by atoms with Gasteiger partial charge >= 0.3 is 0 Å². The fourth-order valence-electron chi connectivity index (χ4n) is 2.49. The van der Waals surface area contributed by atoms with Gasteiger partial charge in [-0.15, -0.1) is 0 Å². The first kappa shape index (κ1) is 11.8. The molecule has 0 aromatic heterocycles. The van der Waals surface area contributed by atoms with Crippen LogP contribution < -0.4 is 15.0 Å². The summed E-state index contributed by atoms with van der Waals surface area (Å²) < 4.78 is 5.98. The van der Waals surface area contributed by atoms with Crippen LogP contribution in [0, 0.1) is 5.92 Å². The highest BCUT2D eigenvalue weighted by molar-refractivity contribution is 5.58. The maximum absolute atomic E-state index is 5.98. The molecule has 1 N–H and O–H groups in total. The zero-order chi connectivity index (χ0) is 12.2. The Bertz CT molecular complexity index is 384. The van der Waals surface area contributed by atoms with Crippen LogP contribution in [0.2, 0.25) is 0 Å².